The first-order valence-corrected chi connectivity index (χ1v) is 6.60. The van der Waals surface area contributed by atoms with Gasteiger partial charge in [0.15, 0.2) is 0 Å². The van der Waals surface area contributed by atoms with E-state index in [9.17, 15) is 0 Å². The minimum atomic E-state index is 0.689. The summed E-state index contributed by atoms with van der Waals surface area (Å²) in [6.45, 7) is 11.1. The first-order valence-electron chi connectivity index (χ1n) is 6.60. The normalized spacial score (nSPS) is 11.3. The van der Waals surface area contributed by atoms with Gasteiger partial charge < -0.3 is 9.88 Å². The molecule has 2 heteroatoms. The fourth-order valence-corrected chi connectivity index (χ4v) is 2.24. The molecule has 0 aliphatic rings. The van der Waals surface area contributed by atoms with Crippen LogP contribution in [0.5, 0.6) is 0 Å². The van der Waals surface area contributed by atoms with E-state index in [1.807, 2.05) is 6.08 Å². The summed E-state index contributed by atoms with van der Waals surface area (Å²) in [6, 6.07) is 8.71. The molecule has 1 N–H and O–H groups in total. The Kier molecular flexibility index (Phi) is 4.21. The summed E-state index contributed by atoms with van der Waals surface area (Å²) in [7, 11) is 0. The Hall–Kier alpha value is -1.54. The highest BCUT2D eigenvalue weighted by Crippen LogP contribution is 2.20. The van der Waals surface area contributed by atoms with Crippen LogP contribution in [0, 0.1) is 5.92 Å². The lowest BCUT2D eigenvalue weighted by Crippen LogP contribution is -2.19. The predicted molar refractivity (Wildman–Crippen MR) is 78.7 cm³/mol. The zero-order valence-corrected chi connectivity index (χ0v) is 11.3. The van der Waals surface area contributed by atoms with E-state index in [2.05, 4.69) is 60.8 Å². The minimum absolute atomic E-state index is 0.689. The number of hydrogen-bond acceptors (Lipinski definition) is 1. The Balaban J connectivity index is 2.20. The monoisotopic (exact) mass is 242 g/mol. The first-order chi connectivity index (χ1) is 8.72. The molecule has 2 rings (SSSR count). The summed E-state index contributed by atoms with van der Waals surface area (Å²) in [5.41, 5.74) is 2.66. The maximum atomic E-state index is 3.80. The molecule has 2 aromatic rings. The molecular formula is C16H22N2. The van der Waals surface area contributed by atoms with Crippen molar-refractivity contribution in [3.8, 4) is 0 Å². The average molecular weight is 242 g/mol. The number of aromatic nitrogens is 1. The lowest BCUT2D eigenvalue weighted by molar-refractivity contribution is 0.553. The van der Waals surface area contributed by atoms with Gasteiger partial charge in [0.1, 0.15) is 0 Å². The van der Waals surface area contributed by atoms with Gasteiger partial charge in [-0.1, -0.05) is 32.1 Å². The average Bonchev–Trinajstić information content (AvgIpc) is 2.74. The number of benzene rings is 1. The molecular weight excluding hydrogens is 220 g/mol. The largest absolute Gasteiger partial charge is 0.344 e. The molecule has 1 aromatic heterocycles. The van der Waals surface area contributed by atoms with Crippen LogP contribution in [0.3, 0.4) is 0 Å². The number of rotatable bonds is 6. The highest BCUT2D eigenvalue weighted by atomic mass is 14.9. The van der Waals surface area contributed by atoms with Gasteiger partial charge in [0.25, 0.3) is 0 Å². The predicted octanol–water partition coefficient (Wildman–Crippen LogP) is 3.57. The quantitative estimate of drug-likeness (QED) is 0.766. The molecule has 2 nitrogen and oxygen atoms in total. The number of nitrogens with one attached hydrogen (secondary N) is 1. The molecule has 0 atom stereocenters. The van der Waals surface area contributed by atoms with Crippen molar-refractivity contribution in [2.75, 3.05) is 6.54 Å². The summed E-state index contributed by atoms with van der Waals surface area (Å²) in [5.74, 6) is 0.689. The molecule has 0 spiro atoms. The van der Waals surface area contributed by atoms with Crippen LogP contribution in [0.2, 0.25) is 0 Å². The molecule has 0 aliphatic carbocycles. The van der Waals surface area contributed by atoms with Crippen molar-refractivity contribution in [1.82, 2.24) is 9.88 Å². The Morgan fingerprint density at radius 2 is 2.17 bits per heavy atom. The maximum absolute atomic E-state index is 3.80. The van der Waals surface area contributed by atoms with Crippen LogP contribution >= 0.6 is 0 Å². The number of allylic oxidation sites excluding steroid dienone is 1. The SMILES string of the molecule is C=CCn1ccc2c(CNCC(C)C)cccc21. The van der Waals surface area contributed by atoms with E-state index in [1.165, 1.54) is 16.5 Å². The van der Waals surface area contributed by atoms with E-state index in [4.69, 9.17) is 0 Å². The Bertz CT molecular complexity index is 523. The van der Waals surface area contributed by atoms with Gasteiger partial charge in [0.05, 0.1) is 0 Å². The van der Waals surface area contributed by atoms with Gasteiger partial charge in [-0.05, 0) is 30.2 Å². The van der Waals surface area contributed by atoms with Crippen molar-refractivity contribution in [1.29, 1.82) is 0 Å². The summed E-state index contributed by atoms with van der Waals surface area (Å²) >= 11 is 0. The molecule has 18 heavy (non-hydrogen) atoms. The third-order valence-electron chi connectivity index (χ3n) is 3.10. The Morgan fingerprint density at radius 3 is 2.89 bits per heavy atom. The van der Waals surface area contributed by atoms with Crippen LogP contribution in [0.25, 0.3) is 10.9 Å². The van der Waals surface area contributed by atoms with E-state index in [-0.39, 0.29) is 0 Å². The van der Waals surface area contributed by atoms with E-state index < -0.39 is 0 Å². The minimum Gasteiger partial charge on any atom is -0.344 e. The van der Waals surface area contributed by atoms with Gasteiger partial charge >= 0.3 is 0 Å². The smallest absolute Gasteiger partial charge is 0.0486 e. The molecule has 0 fully saturated rings. The molecule has 0 bridgehead atoms. The Morgan fingerprint density at radius 1 is 1.33 bits per heavy atom. The molecule has 0 unspecified atom stereocenters. The highest BCUT2D eigenvalue weighted by Gasteiger charge is 2.04. The van der Waals surface area contributed by atoms with Gasteiger partial charge in [-0.25, -0.2) is 0 Å². The summed E-state index contributed by atoms with van der Waals surface area (Å²) < 4.78 is 2.23. The fraction of sp³-hybridized carbons (Fsp3) is 0.375. The third kappa shape index (κ3) is 2.82. The second kappa shape index (κ2) is 5.87. The van der Waals surface area contributed by atoms with Crippen molar-refractivity contribution in [2.24, 2.45) is 5.92 Å². The topological polar surface area (TPSA) is 17.0 Å². The standard InChI is InChI=1S/C16H22N2/c1-4-9-18-10-8-15-14(6-5-7-16(15)18)12-17-11-13(2)3/h4-8,10,13,17H,1,9,11-12H2,2-3H3. The van der Waals surface area contributed by atoms with Crippen LogP contribution in [0.1, 0.15) is 19.4 Å². The van der Waals surface area contributed by atoms with E-state index >= 15 is 0 Å². The third-order valence-corrected chi connectivity index (χ3v) is 3.10. The van der Waals surface area contributed by atoms with Crippen molar-refractivity contribution < 1.29 is 0 Å². The molecule has 0 radical (unpaired) electrons. The van der Waals surface area contributed by atoms with Crippen LogP contribution in [-0.4, -0.2) is 11.1 Å². The first kappa shape index (κ1) is 12.9. The van der Waals surface area contributed by atoms with Crippen LogP contribution in [0.4, 0.5) is 0 Å². The van der Waals surface area contributed by atoms with Crippen molar-refractivity contribution in [2.45, 2.75) is 26.9 Å². The molecule has 1 heterocycles. The molecule has 96 valence electrons. The molecule has 1 aromatic carbocycles. The second-order valence-electron chi connectivity index (χ2n) is 5.13. The van der Waals surface area contributed by atoms with Crippen molar-refractivity contribution in [3.63, 3.8) is 0 Å². The Labute approximate surface area is 109 Å². The lowest BCUT2D eigenvalue weighted by Gasteiger charge is -2.09. The van der Waals surface area contributed by atoms with Gasteiger partial charge in [-0.3, -0.25) is 0 Å². The molecule has 0 aliphatic heterocycles. The number of fused-ring (bicyclic) bond motifs is 1. The molecule has 0 saturated carbocycles. The van der Waals surface area contributed by atoms with Gasteiger partial charge in [-0.2, -0.15) is 0 Å². The van der Waals surface area contributed by atoms with Crippen LogP contribution < -0.4 is 5.32 Å². The van der Waals surface area contributed by atoms with Crippen LogP contribution in [-0.2, 0) is 13.1 Å². The highest BCUT2D eigenvalue weighted by molar-refractivity contribution is 5.83. The van der Waals surface area contributed by atoms with Crippen molar-refractivity contribution in [3.05, 3.63) is 48.7 Å². The van der Waals surface area contributed by atoms with Crippen molar-refractivity contribution >= 4 is 10.9 Å². The van der Waals surface area contributed by atoms with E-state index in [1.54, 1.807) is 0 Å². The number of hydrogen-bond donors (Lipinski definition) is 1. The van der Waals surface area contributed by atoms with E-state index in [0.29, 0.717) is 5.92 Å². The van der Waals surface area contributed by atoms with Crippen LogP contribution in [0.15, 0.2) is 43.1 Å². The molecule has 0 saturated heterocycles. The zero-order chi connectivity index (χ0) is 13.0. The lowest BCUT2D eigenvalue weighted by atomic mass is 10.1. The summed E-state index contributed by atoms with van der Waals surface area (Å²) in [5, 5.41) is 4.85. The van der Waals surface area contributed by atoms with Gasteiger partial charge in [-0.15, -0.1) is 6.58 Å². The van der Waals surface area contributed by atoms with Gasteiger partial charge in [0.2, 0.25) is 0 Å². The van der Waals surface area contributed by atoms with E-state index in [0.717, 1.165) is 19.6 Å². The zero-order valence-electron chi connectivity index (χ0n) is 11.3. The fourth-order valence-electron chi connectivity index (χ4n) is 2.24. The second-order valence-corrected chi connectivity index (χ2v) is 5.13. The van der Waals surface area contributed by atoms with Gasteiger partial charge in [0, 0.05) is 30.2 Å². The number of nitrogens with zero attached hydrogens (tertiary/aromatic N) is 1. The maximum Gasteiger partial charge on any atom is 0.0486 e. The summed E-state index contributed by atoms with van der Waals surface area (Å²) in [6.07, 6.45) is 4.07. The molecule has 0 amide bonds. The summed E-state index contributed by atoms with van der Waals surface area (Å²) in [4.78, 5) is 0.